The molecule has 4 amide bonds. The molecule has 4 aromatic rings. The van der Waals surface area contributed by atoms with Crippen molar-refractivity contribution in [1.82, 2.24) is 31.5 Å². The van der Waals surface area contributed by atoms with Crippen molar-refractivity contribution >= 4 is 23.6 Å². The summed E-state index contributed by atoms with van der Waals surface area (Å²) in [5.74, 6) is 1.34. The zero-order chi connectivity index (χ0) is 40.4. The Morgan fingerprint density at radius 3 is 1.37 bits per heavy atom. The van der Waals surface area contributed by atoms with Crippen LogP contribution in [0.5, 0.6) is 11.5 Å². The lowest BCUT2D eigenvalue weighted by Crippen LogP contribution is -2.43. The Morgan fingerprint density at radius 2 is 0.982 bits per heavy atom. The van der Waals surface area contributed by atoms with Gasteiger partial charge in [0, 0.05) is 24.2 Å². The molecule has 2 saturated heterocycles. The molecule has 5 N–H and O–H groups in total. The molecule has 6 rings (SSSR count). The van der Waals surface area contributed by atoms with Gasteiger partial charge < -0.3 is 41.0 Å². The van der Waals surface area contributed by atoms with Gasteiger partial charge in [-0.05, 0) is 130 Å². The number of benzene rings is 4. The van der Waals surface area contributed by atoms with Gasteiger partial charge in [-0.2, -0.15) is 0 Å². The first kappa shape index (κ1) is 42.4. The molecule has 2 aliphatic heterocycles. The Bertz CT molecular complexity index is 1850. The van der Waals surface area contributed by atoms with E-state index in [1.807, 2.05) is 60.7 Å². The van der Waals surface area contributed by atoms with E-state index in [-0.39, 0.29) is 23.6 Å². The predicted octanol–water partition coefficient (Wildman–Crippen LogP) is 4.91. The molecule has 57 heavy (non-hydrogen) atoms. The number of ether oxygens (including phenoxy) is 2. The molecule has 302 valence electrons. The number of amides is 4. The molecule has 0 aromatic heterocycles. The SMILES string of the molecule is COc1ccc(C(=O)N[C@@H](C(=O)NCC2CCN(C)CC2)c2ccccc2)cc1.COc1ccc(C(=O)N[C@@H](C(=O)NCC2CCNCC2)c2ccccc2)cc1. The normalized spacial score (nSPS) is 15.8. The van der Waals surface area contributed by atoms with Gasteiger partial charge in [-0.1, -0.05) is 60.7 Å². The molecule has 0 saturated carbocycles. The van der Waals surface area contributed by atoms with Crippen LogP contribution in [-0.2, 0) is 9.59 Å². The molecule has 0 bridgehead atoms. The van der Waals surface area contributed by atoms with Crippen molar-refractivity contribution in [3.8, 4) is 11.5 Å². The molecule has 12 heteroatoms. The quantitative estimate of drug-likeness (QED) is 0.121. The third-order valence-corrected chi connectivity index (χ3v) is 10.5. The zero-order valence-electron chi connectivity index (χ0n) is 33.2. The topological polar surface area (TPSA) is 150 Å². The van der Waals surface area contributed by atoms with Crippen molar-refractivity contribution in [2.45, 2.75) is 37.8 Å². The summed E-state index contributed by atoms with van der Waals surface area (Å²) >= 11 is 0. The maximum atomic E-state index is 13.0. The largest absolute Gasteiger partial charge is 0.497 e. The summed E-state index contributed by atoms with van der Waals surface area (Å²) in [5, 5.41) is 15.2. The minimum absolute atomic E-state index is 0.183. The molecule has 4 aromatic carbocycles. The summed E-state index contributed by atoms with van der Waals surface area (Å²) < 4.78 is 10.3. The van der Waals surface area contributed by atoms with Gasteiger partial charge in [-0.15, -0.1) is 0 Å². The van der Waals surface area contributed by atoms with Crippen LogP contribution in [0.25, 0.3) is 0 Å². The summed E-state index contributed by atoms with van der Waals surface area (Å²) in [6.45, 7) is 5.33. The van der Waals surface area contributed by atoms with Crippen molar-refractivity contribution in [3.63, 3.8) is 0 Å². The summed E-state index contributed by atoms with van der Waals surface area (Å²) in [7, 11) is 5.28. The van der Waals surface area contributed by atoms with Crippen LogP contribution in [0.3, 0.4) is 0 Å². The maximum Gasteiger partial charge on any atom is 0.252 e. The maximum absolute atomic E-state index is 13.0. The van der Waals surface area contributed by atoms with Crippen LogP contribution in [0, 0.1) is 11.8 Å². The van der Waals surface area contributed by atoms with E-state index in [1.54, 1.807) is 62.8 Å². The molecular formula is C45H56N6O6. The predicted molar refractivity (Wildman–Crippen MR) is 221 cm³/mol. The molecule has 0 radical (unpaired) electrons. The van der Waals surface area contributed by atoms with E-state index >= 15 is 0 Å². The second kappa shape index (κ2) is 22.1. The van der Waals surface area contributed by atoms with Crippen LogP contribution in [0.2, 0.25) is 0 Å². The van der Waals surface area contributed by atoms with E-state index in [0.29, 0.717) is 47.6 Å². The smallest absolute Gasteiger partial charge is 0.252 e. The summed E-state index contributed by atoms with van der Waals surface area (Å²) in [4.78, 5) is 53.6. The van der Waals surface area contributed by atoms with Gasteiger partial charge in [0.15, 0.2) is 0 Å². The number of hydrogen-bond acceptors (Lipinski definition) is 8. The van der Waals surface area contributed by atoms with Gasteiger partial charge in [-0.25, -0.2) is 0 Å². The van der Waals surface area contributed by atoms with E-state index in [2.05, 4.69) is 38.5 Å². The molecule has 0 spiro atoms. The number of methoxy groups -OCH3 is 2. The highest BCUT2D eigenvalue weighted by atomic mass is 16.5. The summed E-state index contributed by atoms with van der Waals surface area (Å²) in [6, 6.07) is 30.8. The van der Waals surface area contributed by atoms with Crippen LogP contribution in [0.4, 0.5) is 0 Å². The standard InChI is InChI=1S/C23H29N3O3.C22H27N3O3/c1-26-14-12-17(13-15-26)16-24-23(28)21(18-6-4-3-5-7-18)25-22(27)19-8-10-20(29-2)11-9-19;1-28-19-9-7-18(8-10-19)21(26)25-20(17-5-3-2-4-6-17)22(27)24-15-16-11-13-23-14-12-16/h3-11,17,21H,12-16H2,1-2H3,(H,24,28)(H,25,27);2-10,16,20,23H,11-15H2,1H3,(H,24,27)(H,25,26)/t21-;20-/m11/s1. The first-order chi connectivity index (χ1) is 27.7. The van der Waals surface area contributed by atoms with E-state index in [1.165, 1.54) is 0 Å². The van der Waals surface area contributed by atoms with Gasteiger partial charge in [0.1, 0.15) is 23.6 Å². The lowest BCUT2D eigenvalue weighted by molar-refractivity contribution is -0.124. The van der Waals surface area contributed by atoms with Crippen molar-refractivity contribution in [2.24, 2.45) is 11.8 Å². The highest BCUT2D eigenvalue weighted by molar-refractivity contribution is 5.98. The van der Waals surface area contributed by atoms with Crippen LogP contribution < -0.4 is 36.1 Å². The average Bonchev–Trinajstić information content (AvgIpc) is 3.27. The monoisotopic (exact) mass is 776 g/mol. The number of carbonyl (C=O) groups excluding carboxylic acids is 4. The fraction of sp³-hybridized carbons (Fsp3) is 0.378. The van der Waals surface area contributed by atoms with Gasteiger partial charge in [0.2, 0.25) is 11.8 Å². The number of nitrogens with one attached hydrogen (secondary N) is 5. The van der Waals surface area contributed by atoms with E-state index in [4.69, 9.17) is 9.47 Å². The minimum Gasteiger partial charge on any atom is -0.497 e. The highest BCUT2D eigenvalue weighted by Crippen LogP contribution is 2.20. The Kier molecular flexibility index (Phi) is 16.5. The van der Waals surface area contributed by atoms with E-state index < -0.39 is 12.1 Å². The van der Waals surface area contributed by atoms with Crippen molar-refractivity contribution < 1.29 is 28.7 Å². The van der Waals surface area contributed by atoms with Crippen LogP contribution in [-0.4, -0.2) is 89.1 Å². The van der Waals surface area contributed by atoms with Gasteiger partial charge >= 0.3 is 0 Å². The molecule has 0 aliphatic carbocycles. The minimum atomic E-state index is -0.739. The van der Waals surface area contributed by atoms with Crippen LogP contribution in [0.15, 0.2) is 109 Å². The Morgan fingerprint density at radius 1 is 0.596 bits per heavy atom. The Hall–Kier alpha value is -5.72. The van der Waals surface area contributed by atoms with Crippen molar-refractivity contribution in [2.75, 3.05) is 60.5 Å². The Labute approximate surface area is 336 Å². The summed E-state index contributed by atoms with van der Waals surface area (Å²) in [5.41, 5.74) is 2.48. The second-order valence-electron chi connectivity index (χ2n) is 14.5. The number of rotatable bonds is 14. The van der Waals surface area contributed by atoms with Crippen LogP contribution >= 0.6 is 0 Å². The fourth-order valence-corrected chi connectivity index (χ4v) is 6.85. The Balaban J connectivity index is 0.000000218. The van der Waals surface area contributed by atoms with Crippen molar-refractivity contribution in [3.05, 3.63) is 131 Å². The lowest BCUT2D eigenvalue weighted by Gasteiger charge is -2.29. The number of likely N-dealkylation sites (tertiary alicyclic amines) is 1. The van der Waals surface area contributed by atoms with Gasteiger partial charge in [0.25, 0.3) is 11.8 Å². The van der Waals surface area contributed by atoms with E-state index in [0.717, 1.165) is 63.0 Å². The molecule has 2 atom stereocenters. The lowest BCUT2D eigenvalue weighted by atomic mass is 9.97. The number of carbonyl (C=O) groups is 4. The number of nitrogens with zero attached hydrogens (tertiary/aromatic N) is 1. The number of piperidine rings is 2. The first-order valence-electron chi connectivity index (χ1n) is 19.7. The molecule has 2 fully saturated rings. The average molecular weight is 777 g/mol. The molecule has 2 aliphatic rings. The molecular weight excluding hydrogens is 721 g/mol. The fourth-order valence-electron chi connectivity index (χ4n) is 6.85. The highest BCUT2D eigenvalue weighted by Gasteiger charge is 2.26. The van der Waals surface area contributed by atoms with E-state index in [9.17, 15) is 19.2 Å². The van der Waals surface area contributed by atoms with Gasteiger partial charge in [0.05, 0.1) is 14.2 Å². The summed E-state index contributed by atoms with van der Waals surface area (Å²) in [6.07, 6.45) is 4.25. The zero-order valence-corrected chi connectivity index (χ0v) is 33.2. The van der Waals surface area contributed by atoms with Gasteiger partial charge in [-0.3, -0.25) is 19.2 Å². The number of hydrogen-bond donors (Lipinski definition) is 5. The first-order valence-corrected chi connectivity index (χ1v) is 19.7. The third kappa shape index (κ3) is 13.2. The second-order valence-corrected chi connectivity index (χ2v) is 14.5. The molecule has 12 nitrogen and oxygen atoms in total. The van der Waals surface area contributed by atoms with Crippen LogP contribution in [0.1, 0.15) is 69.6 Å². The molecule has 2 heterocycles. The third-order valence-electron chi connectivity index (χ3n) is 10.5. The van der Waals surface area contributed by atoms with Crippen molar-refractivity contribution in [1.29, 1.82) is 0 Å². The molecule has 0 unspecified atom stereocenters.